The van der Waals surface area contributed by atoms with Gasteiger partial charge in [0.2, 0.25) is 11.8 Å². The first-order valence-corrected chi connectivity index (χ1v) is 10.5. The molecule has 0 spiro atoms. The van der Waals surface area contributed by atoms with E-state index >= 15 is 0 Å². The topological polar surface area (TPSA) is 70.4 Å². The highest BCUT2D eigenvalue weighted by atomic mass is 16.5. The quantitative estimate of drug-likeness (QED) is 0.710. The zero-order valence-electron chi connectivity index (χ0n) is 18.2. The van der Waals surface area contributed by atoms with Crippen molar-refractivity contribution >= 4 is 17.5 Å². The van der Waals surface area contributed by atoms with Gasteiger partial charge < -0.3 is 18.9 Å². The monoisotopic (exact) mass is 413 g/mol. The summed E-state index contributed by atoms with van der Waals surface area (Å²) in [4.78, 5) is 35.0. The molecule has 2 aromatic heterocycles. The number of aromatic nitrogens is 2. The number of ether oxygens (including phenoxy) is 1. The molecule has 0 unspecified atom stereocenters. The van der Waals surface area contributed by atoms with Crippen LogP contribution in [0.1, 0.15) is 18.5 Å². The Bertz CT molecular complexity index is 924. The molecule has 2 aliphatic heterocycles. The minimum atomic E-state index is -0.142. The Morgan fingerprint density at radius 2 is 1.87 bits per heavy atom. The molecule has 2 fully saturated rings. The molecule has 2 aromatic rings. The van der Waals surface area contributed by atoms with Crippen LogP contribution in [0.4, 0.5) is 0 Å². The number of fused-ring (bicyclic) bond motifs is 2. The van der Waals surface area contributed by atoms with E-state index in [0.717, 1.165) is 24.4 Å². The van der Waals surface area contributed by atoms with Crippen molar-refractivity contribution in [2.24, 2.45) is 11.8 Å². The Morgan fingerprint density at radius 1 is 1.13 bits per heavy atom. The number of likely N-dealkylation sites (tertiary alicyclic amines) is 1. The van der Waals surface area contributed by atoms with E-state index in [4.69, 9.17) is 4.74 Å². The summed E-state index contributed by atoms with van der Waals surface area (Å²) >= 11 is 0. The van der Waals surface area contributed by atoms with Crippen molar-refractivity contribution in [3.05, 3.63) is 36.3 Å². The molecule has 0 radical (unpaired) electrons. The standard InChI is InChI=1S/C22H31N5O3/c1-24(2)20(28)9-15-12-26(13-16-11-23-19-7-5-6-8-27(16)19)17-14-30-18(22(15)17)10-21(29)25(3)4/h5-8,11,15,17-18,22H,9-10,12-14H2,1-4H3/t15-,17-,18+,22-/m1/s1. The summed E-state index contributed by atoms with van der Waals surface area (Å²) in [6.45, 7) is 2.17. The molecule has 162 valence electrons. The lowest BCUT2D eigenvalue weighted by Gasteiger charge is -2.24. The molecule has 2 saturated heterocycles. The van der Waals surface area contributed by atoms with Crippen LogP contribution in [0, 0.1) is 11.8 Å². The maximum atomic E-state index is 12.5. The summed E-state index contributed by atoms with van der Waals surface area (Å²) in [5.41, 5.74) is 2.05. The van der Waals surface area contributed by atoms with Gasteiger partial charge in [-0.15, -0.1) is 0 Å². The van der Waals surface area contributed by atoms with Crippen LogP contribution in [0.3, 0.4) is 0 Å². The molecule has 0 aromatic carbocycles. The van der Waals surface area contributed by atoms with Gasteiger partial charge in [0.1, 0.15) is 5.65 Å². The summed E-state index contributed by atoms with van der Waals surface area (Å²) in [5.74, 6) is 0.544. The first kappa shape index (κ1) is 20.8. The zero-order chi connectivity index (χ0) is 21.4. The Hall–Kier alpha value is -2.45. The van der Waals surface area contributed by atoms with Crippen LogP contribution in [0.25, 0.3) is 5.65 Å². The second-order valence-corrected chi connectivity index (χ2v) is 8.87. The summed E-state index contributed by atoms with van der Waals surface area (Å²) in [6, 6.07) is 6.19. The van der Waals surface area contributed by atoms with Gasteiger partial charge >= 0.3 is 0 Å². The molecule has 2 amide bonds. The van der Waals surface area contributed by atoms with Gasteiger partial charge in [-0.2, -0.15) is 0 Å². The number of carbonyl (C=O) groups is 2. The van der Waals surface area contributed by atoms with E-state index in [0.29, 0.717) is 19.4 Å². The van der Waals surface area contributed by atoms with Gasteiger partial charge in [-0.25, -0.2) is 4.98 Å². The molecular weight excluding hydrogens is 382 g/mol. The molecule has 0 bridgehead atoms. The molecule has 30 heavy (non-hydrogen) atoms. The SMILES string of the molecule is CN(C)C(=O)C[C@@H]1CN(Cc2cnc3ccccn23)[C@@H]2CO[C@@H](CC(=O)N(C)C)[C@H]12. The molecule has 0 saturated carbocycles. The number of pyridine rings is 1. The van der Waals surface area contributed by atoms with Crippen LogP contribution in [0.15, 0.2) is 30.6 Å². The third-order valence-corrected chi connectivity index (χ3v) is 6.51. The first-order valence-electron chi connectivity index (χ1n) is 10.5. The Balaban J connectivity index is 1.56. The molecule has 0 aliphatic carbocycles. The van der Waals surface area contributed by atoms with Crippen molar-refractivity contribution in [2.45, 2.75) is 31.5 Å². The van der Waals surface area contributed by atoms with Crippen molar-refractivity contribution in [2.75, 3.05) is 41.3 Å². The maximum Gasteiger partial charge on any atom is 0.224 e. The molecule has 2 aliphatic rings. The lowest BCUT2D eigenvalue weighted by molar-refractivity contribution is -0.131. The van der Waals surface area contributed by atoms with Crippen molar-refractivity contribution < 1.29 is 14.3 Å². The maximum absolute atomic E-state index is 12.5. The van der Waals surface area contributed by atoms with Crippen LogP contribution >= 0.6 is 0 Å². The molecular formula is C22H31N5O3. The summed E-state index contributed by atoms with van der Waals surface area (Å²) in [7, 11) is 7.13. The van der Waals surface area contributed by atoms with Crippen LogP contribution < -0.4 is 0 Å². The number of carbonyl (C=O) groups excluding carboxylic acids is 2. The van der Waals surface area contributed by atoms with Crippen LogP contribution in [-0.4, -0.2) is 89.4 Å². The fraction of sp³-hybridized carbons (Fsp3) is 0.591. The van der Waals surface area contributed by atoms with Gasteiger partial charge in [-0.05, 0) is 18.1 Å². The number of rotatable bonds is 6. The first-order chi connectivity index (χ1) is 14.3. The van der Waals surface area contributed by atoms with E-state index in [-0.39, 0.29) is 35.8 Å². The van der Waals surface area contributed by atoms with E-state index < -0.39 is 0 Å². The fourth-order valence-electron chi connectivity index (χ4n) is 4.87. The van der Waals surface area contributed by atoms with Gasteiger partial charge in [0, 0.05) is 65.9 Å². The summed E-state index contributed by atoms with van der Waals surface area (Å²) in [6.07, 6.45) is 4.66. The largest absolute Gasteiger partial charge is 0.376 e. The van der Waals surface area contributed by atoms with Gasteiger partial charge in [-0.1, -0.05) is 6.07 Å². The van der Waals surface area contributed by atoms with E-state index in [9.17, 15) is 9.59 Å². The minimum absolute atomic E-state index is 0.0681. The molecule has 8 nitrogen and oxygen atoms in total. The number of amides is 2. The van der Waals surface area contributed by atoms with Gasteiger partial charge in [0.15, 0.2) is 0 Å². The van der Waals surface area contributed by atoms with Crippen LogP contribution in [-0.2, 0) is 20.9 Å². The lowest BCUT2D eigenvalue weighted by atomic mass is 9.84. The molecule has 8 heteroatoms. The predicted molar refractivity (Wildman–Crippen MR) is 113 cm³/mol. The number of nitrogens with zero attached hydrogens (tertiary/aromatic N) is 5. The molecule has 4 heterocycles. The average molecular weight is 414 g/mol. The number of hydrogen-bond donors (Lipinski definition) is 0. The molecule has 4 atom stereocenters. The Morgan fingerprint density at radius 3 is 2.60 bits per heavy atom. The fourth-order valence-corrected chi connectivity index (χ4v) is 4.87. The number of imidazole rings is 1. The second kappa shape index (κ2) is 8.35. The summed E-state index contributed by atoms with van der Waals surface area (Å²) in [5, 5.41) is 0. The Labute approximate surface area is 177 Å². The lowest BCUT2D eigenvalue weighted by Crippen LogP contribution is -2.35. The molecule has 0 N–H and O–H groups in total. The highest BCUT2D eigenvalue weighted by Gasteiger charge is 2.51. The van der Waals surface area contributed by atoms with Gasteiger partial charge in [-0.3, -0.25) is 14.5 Å². The van der Waals surface area contributed by atoms with Crippen molar-refractivity contribution in [1.29, 1.82) is 0 Å². The third-order valence-electron chi connectivity index (χ3n) is 6.51. The number of hydrogen-bond acceptors (Lipinski definition) is 5. The van der Waals surface area contributed by atoms with E-state index in [1.807, 2.05) is 30.6 Å². The van der Waals surface area contributed by atoms with Crippen molar-refractivity contribution in [3.63, 3.8) is 0 Å². The predicted octanol–water partition coefficient (Wildman–Crippen LogP) is 1.11. The van der Waals surface area contributed by atoms with Gasteiger partial charge in [0.25, 0.3) is 0 Å². The highest BCUT2D eigenvalue weighted by molar-refractivity contribution is 5.77. The van der Waals surface area contributed by atoms with E-state index in [2.05, 4.69) is 14.3 Å². The van der Waals surface area contributed by atoms with Crippen LogP contribution in [0.5, 0.6) is 0 Å². The summed E-state index contributed by atoms with van der Waals surface area (Å²) < 4.78 is 8.22. The van der Waals surface area contributed by atoms with Crippen LogP contribution in [0.2, 0.25) is 0 Å². The van der Waals surface area contributed by atoms with Crippen molar-refractivity contribution in [3.8, 4) is 0 Å². The average Bonchev–Trinajstić information content (AvgIpc) is 3.39. The van der Waals surface area contributed by atoms with Crippen molar-refractivity contribution in [1.82, 2.24) is 24.1 Å². The van der Waals surface area contributed by atoms with Gasteiger partial charge in [0.05, 0.1) is 31.0 Å². The van der Waals surface area contributed by atoms with E-state index in [1.54, 1.807) is 38.0 Å². The molecule has 4 rings (SSSR count). The van der Waals surface area contributed by atoms with E-state index in [1.165, 1.54) is 0 Å². The third kappa shape index (κ3) is 3.94. The minimum Gasteiger partial charge on any atom is -0.376 e. The highest BCUT2D eigenvalue weighted by Crippen LogP contribution is 2.42. The smallest absolute Gasteiger partial charge is 0.224 e. The normalized spacial score (nSPS) is 26.1. The second-order valence-electron chi connectivity index (χ2n) is 8.87. The Kier molecular flexibility index (Phi) is 5.79. The zero-order valence-corrected chi connectivity index (χ0v) is 18.2.